The standard InChI is InChI=1S/C25H31N3OS/c1-18(16-25(2,3)4)15-23(29)26-20-13-11-19(12-14-20)22-17-30-24(27-22)28(5)21-9-7-6-8-10-21/h6-14,17-18H,15-16H2,1-5H3,(H,26,29). The van der Waals surface area contributed by atoms with Crippen molar-refractivity contribution < 1.29 is 4.79 Å². The number of carbonyl (C=O) groups is 1. The lowest BCUT2D eigenvalue weighted by molar-refractivity contribution is -0.117. The lowest BCUT2D eigenvalue weighted by Crippen LogP contribution is -2.18. The molecule has 1 atom stereocenters. The average Bonchev–Trinajstić information content (AvgIpc) is 3.17. The minimum Gasteiger partial charge on any atom is -0.326 e. The van der Waals surface area contributed by atoms with Crippen LogP contribution >= 0.6 is 11.3 Å². The normalized spacial score (nSPS) is 12.4. The summed E-state index contributed by atoms with van der Waals surface area (Å²) in [6, 6.07) is 18.1. The molecule has 5 heteroatoms. The molecule has 2 aromatic carbocycles. The first-order chi connectivity index (χ1) is 14.2. The number of benzene rings is 2. The molecule has 158 valence electrons. The summed E-state index contributed by atoms with van der Waals surface area (Å²) in [7, 11) is 2.03. The van der Waals surface area contributed by atoms with Gasteiger partial charge in [0.25, 0.3) is 0 Å². The molecule has 1 aromatic heterocycles. The van der Waals surface area contributed by atoms with Crippen molar-refractivity contribution in [2.45, 2.75) is 40.5 Å². The van der Waals surface area contributed by atoms with E-state index in [1.807, 2.05) is 49.5 Å². The molecule has 1 heterocycles. The molecule has 0 aliphatic heterocycles. The van der Waals surface area contributed by atoms with E-state index in [-0.39, 0.29) is 11.3 Å². The fourth-order valence-electron chi connectivity index (χ4n) is 3.68. The third kappa shape index (κ3) is 6.17. The van der Waals surface area contributed by atoms with Gasteiger partial charge in [0.2, 0.25) is 5.91 Å². The maximum absolute atomic E-state index is 12.3. The Balaban J connectivity index is 1.61. The zero-order valence-corrected chi connectivity index (χ0v) is 19.3. The van der Waals surface area contributed by atoms with Crippen LogP contribution in [0.3, 0.4) is 0 Å². The maximum atomic E-state index is 12.3. The molecule has 1 amide bonds. The summed E-state index contributed by atoms with van der Waals surface area (Å²) in [5, 5.41) is 6.03. The summed E-state index contributed by atoms with van der Waals surface area (Å²) < 4.78 is 0. The number of para-hydroxylation sites is 1. The zero-order valence-electron chi connectivity index (χ0n) is 18.5. The second kappa shape index (κ2) is 9.43. The van der Waals surface area contributed by atoms with Gasteiger partial charge < -0.3 is 10.2 Å². The highest BCUT2D eigenvalue weighted by Gasteiger charge is 2.18. The van der Waals surface area contributed by atoms with Crippen molar-refractivity contribution in [3.8, 4) is 11.3 Å². The van der Waals surface area contributed by atoms with Gasteiger partial charge in [-0.3, -0.25) is 4.79 Å². The van der Waals surface area contributed by atoms with Crippen molar-refractivity contribution in [1.82, 2.24) is 4.98 Å². The van der Waals surface area contributed by atoms with Crippen LogP contribution in [0.2, 0.25) is 0 Å². The third-order valence-corrected chi connectivity index (χ3v) is 5.80. The van der Waals surface area contributed by atoms with Gasteiger partial charge in [-0.05, 0) is 42.0 Å². The number of nitrogens with zero attached hydrogens (tertiary/aromatic N) is 2. The van der Waals surface area contributed by atoms with Crippen molar-refractivity contribution in [3.05, 3.63) is 60.0 Å². The highest BCUT2D eigenvalue weighted by Crippen LogP contribution is 2.31. The fourth-order valence-corrected chi connectivity index (χ4v) is 4.50. The number of amides is 1. The Kier molecular flexibility index (Phi) is 6.93. The van der Waals surface area contributed by atoms with Crippen molar-refractivity contribution >= 4 is 33.8 Å². The Morgan fingerprint density at radius 3 is 2.40 bits per heavy atom. The predicted octanol–water partition coefficient (Wildman–Crippen LogP) is 6.98. The van der Waals surface area contributed by atoms with E-state index in [9.17, 15) is 4.79 Å². The van der Waals surface area contributed by atoms with Crippen molar-refractivity contribution in [3.63, 3.8) is 0 Å². The number of thiazole rings is 1. The Labute approximate surface area is 184 Å². The van der Waals surface area contributed by atoms with Crippen LogP contribution in [0.1, 0.15) is 40.5 Å². The van der Waals surface area contributed by atoms with Gasteiger partial charge in [0.05, 0.1) is 5.69 Å². The smallest absolute Gasteiger partial charge is 0.224 e. The van der Waals surface area contributed by atoms with Gasteiger partial charge in [-0.15, -0.1) is 11.3 Å². The molecule has 0 radical (unpaired) electrons. The van der Waals surface area contributed by atoms with Crippen molar-refractivity contribution in [1.29, 1.82) is 0 Å². The van der Waals surface area contributed by atoms with Gasteiger partial charge in [0.1, 0.15) is 0 Å². The summed E-state index contributed by atoms with van der Waals surface area (Å²) in [5.41, 5.74) is 4.15. The Morgan fingerprint density at radius 2 is 1.77 bits per heavy atom. The van der Waals surface area contributed by atoms with Gasteiger partial charge in [-0.2, -0.15) is 0 Å². The maximum Gasteiger partial charge on any atom is 0.224 e. The predicted molar refractivity (Wildman–Crippen MR) is 129 cm³/mol. The number of rotatable bonds is 7. The SMILES string of the molecule is CC(CC(=O)Nc1ccc(-c2csc(N(C)c3ccccc3)n2)cc1)CC(C)(C)C. The molecule has 0 aliphatic rings. The highest BCUT2D eigenvalue weighted by atomic mass is 32.1. The van der Waals surface area contributed by atoms with Crippen LogP contribution in [0, 0.1) is 11.3 Å². The average molecular weight is 422 g/mol. The third-order valence-electron chi connectivity index (χ3n) is 4.88. The molecule has 0 spiro atoms. The topological polar surface area (TPSA) is 45.2 Å². The number of aromatic nitrogens is 1. The molecule has 1 unspecified atom stereocenters. The second-order valence-corrected chi connectivity index (χ2v) is 9.95. The largest absolute Gasteiger partial charge is 0.326 e. The number of hydrogen-bond donors (Lipinski definition) is 1. The molecule has 3 aromatic rings. The van der Waals surface area contributed by atoms with Crippen LogP contribution in [0.15, 0.2) is 60.0 Å². The van der Waals surface area contributed by atoms with E-state index in [0.717, 1.165) is 34.2 Å². The van der Waals surface area contributed by atoms with Gasteiger partial charge >= 0.3 is 0 Å². The Morgan fingerprint density at radius 1 is 1.10 bits per heavy atom. The summed E-state index contributed by atoms with van der Waals surface area (Å²) in [6.07, 6.45) is 1.57. The van der Waals surface area contributed by atoms with Crippen LogP contribution in [-0.2, 0) is 4.79 Å². The minimum absolute atomic E-state index is 0.0694. The second-order valence-electron chi connectivity index (χ2n) is 9.11. The van der Waals surface area contributed by atoms with Crippen molar-refractivity contribution in [2.75, 3.05) is 17.3 Å². The first kappa shape index (κ1) is 22.0. The van der Waals surface area contributed by atoms with E-state index in [1.165, 1.54) is 0 Å². The summed E-state index contributed by atoms with van der Waals surface area (Å²) in [6.45, 7) is 8.77. The quantitative estimate of drug-likeness (QED) is 0.447. The van der Waals surface area contributed by atoms with E-state index in [2.05, 4.69) is 55.4 Å². The number of carbonyl (C=O) groups excluding carboxylic acids is 1. The first-order valence-corrected chi connectivity index (χ1v) is 11.2. The van der Waals surface area contributed by atoms with Gasteiger partial charge in [0.15, 0.2) is 5.13 Å². The van der Waals surface area contributed by atoms with Crippen LogP contribution in [-0.4, -0.2) is 17.9 Å². The molecular weight excluding hydrogens is 390 g/mol. The van der Waals surface area contributed by atoms with Gasteiger partial charge in [-0.25, -0.2) is 4.98 Å². The molecule has 4 nitrogen and oxygen atoms in total. The molecule has 1 N–H and O–H groups in total. The van der Waals surface area contributed by atoms with Crippen LogP contribution in [0.4, 0.5) is 16.5 Å². The van der Waals surface area contributed by atoms with Gasteiger partial charge in [0, 0.05) is 35.8 Å². The van der Waals surface area contributed by atoms with Crippen LogP contribution in [0.25, 0.3) is 11.3 Å². The number of nitrogens with one attached hydrogen (secondary N) is 1. The van der Waals surface area contributed by atoms with Crippen LogP contribution in [0.5, 0.6) is 0 Å². The Bertz CT molecular complexity index is 958. The molecule has 3 rings (SSSR count). The number of anilines is 3. The number of hydrogen-bond acceptors (Lipinski definition) is 4. The summed E-state index contributed by atoms with van der Waals surface area (Å²) in [5.74, 6) is 0.430. The monoisotopic (exact) mass is 421 g/mol. The van der Waals surface area contributed by atoms with Crippen LogP contribution < -0.4 is 10.2 Å². The van der Waals surface area contributed by atoms with E-state index >= 15 is 0 Å². The zero-order chi connectivity index (χ0) is 21.7. The highest BCUT2D eigenvalue weighted by molar-refractivity contribution is 7.14. The van der Waals surface area contributed by atoms with E-state index in [4.69, 9.17) is 4.98 Å². The lowest BCUT2D eigenvalue weighted by atomic mass is 9.84. The first-order valence-electron chi connectivity index (χ1n) is 10.4. The Hall–Kier alpha value is -2.66. The van der Waals surface area contributed by atoms with E-state index < -0.39 is 0 Å². The molecule has 0 saturated heterocycles. The van der Waals surface area contributed by atoms with Gasteiger partial charge in [-0.1, -0.05) is 58.0 Å². The van der Waals surface area contributed by atoms with E-state index in [1.54, 1.807) is 11.3 Å². The minimum atomic E-state index is 0.0694. The summed E-state index contributed by atoms with van der Waals surface area (Å²) in [4.78, 5) is 19.2. The van der Waals surface area contributed by atoms with Crippen molar-refractivity contribution in [2.24, 2.45) is 11.3 Å². The summed E-state index contributed by atoms with van der Waals surface area (Å²) >= 11 is 1.62. The molecule has 30 heavy (non-hydrogen) atoms. The molecule has 0 saturated carbocycles. The molecular formula is C25H31N3OS. The van der Waals surface area contributed by atoms with E-state index in [0.29, 0.717) is 12.3 Å². The molecule has 0 aliphatic carbocycles. The fraction of sp³-hybridized carbons (Fsp3) is 0.360. The molecule has 0 fully saturated rings. The molecule has 0 bridgehead atoms. The lowest BCUT2D eigenvalue weighted by Gasteiger charge is -2.22.